The zero-order valence-corrected chi connectivity index (χ0v) is 35.2. The molecule has 4 aromatic heterocycles. The molecule has 1 aliphatic carbocycles. The number of para-hydroxylation sites is 4. The van der Waals surface area contributed by atoms with Gasteiger partial charge in [-0.05, 0) is 100 Å². The molecule has 0 unspecified atom stereocenters. The highest BCUT2D eigenvalue weighted by atomic mass is 16.3. The zero-order valence-electron chi connectivity index (χ0n) is 35.2. The van der Waals surface area contributed by atoms with Gasteiger partial charge in [-0.2, -0.15) is 0 Å². The molecule has 0 aliphatic heterocycles. The molecule has 14 rings (SSSR count). The van der Waals surface area contributed by atoms with Crippen molar-refractivity contribution in [3.8, 4) is 45.1 Å². The molecular formula is C59H38N4O. The SMILES string of the molecule is CC1(C)c2ccc(-c3ccc4c(c3)c3cc5c(cc3n4-c3ccccc3)oc3ccccc35)cc2-c2cc3c4ccccc4n(-c4nc(-c5ccccc5)c5ccccc5n4)c3cc21. The fraction of sp³-hybridized carbons (Fsp3) is 0.0508. The van der Waals surface area contributed by atoms with Crippen molar-refractivity contribution in [2.45, 2.75) is 19.3 Å². The molecule has 1 aliphatic rings. The van der Waals surface area contributed by atoms with Gasteiger partial charge in [-0.1, -0.05) is 135 Å². The summed E-state index contributed by atoms with van der Waals surface area (Å²) >= 11 is 0. The first-order valence-electron chi connectivity index (χ1n) is 22.0. The maximum absolute atomic E-state index is 6.42. The molecule has 9 aromatic carbocycles. The summed E-state index contributed by atoms with van der Waals surface area (Å²) in [6.45, 7) is 4.72. The van der Waals surface area contributed by atoms with E-state index in [9.17, 15) is 0 Å². The molecule has 5 nitrogen and oxygen atoms in total. The molecule has 0 N–H and O–H groups in total. The number of fused-ring (bicyclic) bond motifs is 13. The lowest BCUT2D eigenvalue weighted by atomic mass is 9.82. The van der Waals surface area contributed by atoms with Crippen molar-refractivity contribution in [2.75, 3.05) is 0 Å². The Kier molecular flexibility index (Phi) is 7.11. The van der Waals surface area contributed by atoms with Gasteiger partial charge in [0.15, 0.2) is 0 Å². The van der Waals surface area contributed by atoms with E-state index >= 15 is 0 Å². The summed E-state index contributed by atoms with van der Waals surface area (Å²) in [5.74, 6) is 0.671. The minimum Gasteiger partial charge on any atom is -0.456 e. The number of hydrogen-bond donors (Lipinski definition) is 0. The van der Waals surface area contributed by atoms with Crippen LogP contribution in [0.2, 0.25) is 0 Å². The van der Waals surface area contributed by atoms with Crippen molar-refractivity contribution in [3.05, 3.63) is 205 Å². The molecule has 4 heterocycles. The molecule has 0 fully saturated rings. The van der Waals surface area contributed by atoms with Gasteiger partial charge in [0, 0.05) is 60.4 Å². The van der Waals surface area contributed by atoms with Gasteiger partial charge in [0.1, 0.15) is 11.2 Å². The summed E-state index contributed by atoms with van der Waals surface area (Å²) in [5, 5.41) is 8.10. The van der Waals surface area contributed by atoms with Crippen LogP contribution in [0.15, 0.2) is 199 Å². The number of hydrogen-bond acceptors (Lipinski definition) is 3. The fourth-order valence-corrected chi connectivity index (χ4v) is 10.9. The van der Waals surface area contributed by atoms with Gasteiger partial charge in [-0.25, -0.2) is 9.97 Å². The van der Waals surface area contributed by atoms with Gasteiger partial charge < -0.3 is 8.98 Å². The van der Waals surface area contributed by atoms with E-state index in [4.69, 9.17) is 14.4 Å². The lowest BCUT2D eigenvalue weighted by molar-refractivity contribution is 0.661. The molecule has 0 radical (unpaired) electrons. The van der Waals surface area contributed by atoms with Crippen molar-refractivity contribution < 1.29 is 4.42 Å². The van der Waals surface area contributed by atoms with Crippen molar-refractivity contribution in [1.82, 2.24) is 19.1 Å². The van der Waals surface area contributed by atoms with E-state index in [0.717, 1.165) is 66.3 Å². The predicted molar refractivity (Wildman–Crippen MR) is 264 cm³/mol. The Morgan fingerprint density at radius 3 is 1.89 bits per heavy atom. The summed E-state index contributed by atoms with van der Waals surface area (Å²) in [5.41, 5.74) is 17.7. The first-order valence-corrected chi connectivity index (χ1v) is 22.0. The van der Waals surface area contributed by atoms with Gasteiger partial charge in [0.2, 0.25) is 5.95 Å². The third-order valence-corrected chi connectivity index (χ3v) is 13.9. The Balaban J connectivity index is 0.962. The summed E-state index contributed by atoms with van der Waals surface area (Å²) in [6, 6.07) is 69.9. The zero-order chi connectivity index (χ0) is 42.3. The Bertz CT molecular complexity index is 4100. The molecule has 0 saturated heterocycles. The van der Waals surface area contributed by atoms with Crippen LogP contribution in [-0.2, 0) is 5.41 Å². The van der Waals surface area contributed by atoms with Crippen molar-refractivity contribution in [2.24, 2.45) is 0 Å². The normalized spacial score (nSPS) is 13.3. The summed E-state index contributed by atoms with van der Waals surface area (Å²) in [7, 11) is 0. The third kappa shape index (κ3) is 4.89. The van der Waals surface area contributed by atoms with Gasteiger partial charge >= 0.3 is 0 Å². The maximum atomic E-state index is 6.42. The number of nitrogens with zero attached hydrogens (tertiary/aromatic N) is 4. The highest BCUT2D eigenvalue weighted by Gasteiger charge is 2.37. The topological polar surface area (TPSA) is 48.8 Å². The molecule has 0 spiro atoms. The second-order valence-electron chi connectivity index (χ2n) is 17.8. The van der Waals surface area contributed by atoms with E-state index in [-0.39, 0.29) is 5.41 Å². The first-order chi connectivity index (χ1) is 31.5. The van der Waals surface area contributed by atoms with E-state index in [2.05, 4.69) is 205 Å². The molecule has 0 atom stereocenters. The minimum absolute atomic E-state index is 0.232. The van der Waals surface area contributed by atoms with E-state index in [0.29, 0.717) is 5.95 Å². The Labute approximate surface area is 368 Å². The van der Waals surface area contributed by atoms with E-state index in [1.54, 1.807) is 0 Å². The van der Waals surface area contributed by atoms with Crippen LogP contribution in [0.3, 0.4) is 0 Å². The summed E-state index contributed by atoms with van der Waals surface area (Å²) < 4.78 is 11.1. The second-order valence-corrected chi connectivity index (χ2v) is 17.8. The van der Waals surface area contributed by atoms with Crippen LogP contribution >= 0.6 is 0 Å². The average Bonchev–Trinajstić information content (AvgIpc) is 4.04. The number of benzene rings is 9. The summed E-state index contributed by atoms with van der Waals surface area (Å²) in [4.78, 5) is 10.6. The van der Waals surface area contributed by atoms with E-state index < -0.39 is 0 Å². The lowest BCUT2D eigenvalue weighted by Gasteiger charge is -2.22. The maximum Gasteiger partial charge on any atom is 0.235 e. The van der Waals surface area contributed by atoms with Gasteiger partial charge in [0.25, 0.3) is 0 Å². The average molecular weight is 819 g/mol. The third-order valence-electron chi connectivity index (χ3n) is 13.9. The van der Waals surface area contributed by atoms with Gasteiger partial charge in [0.05, 0.1) is 33.3 Å². The van der Waals surface area contributed by atoms with Crippen LogP contribution < -0.4 is 0 Å². The molecule has 300 valence electrons. The van der Waals surface area contributed by atoms with Crippen LogP contribution in [0.5, 0.6) is 0 Å². The van der Waals surface area contributed by atoms with E-state index in [1.807, 2.05) is 12.1 Å². The number of aromatic nitrogens is 4. The van der Waals surface area contributed by atoms with Crippen molar-refractivity contribution >= 4 is 76.5 Å². The van der Waals surface area contributed by atoms with Crippen LogP contribution in [0.25, 0.3) is 122 Å². The molecule has 64 heavy (non-hydrogen) atoms. The molecule has 13 aromatic rings. The van der Waals surface area contributed by atoms with Gasteiger partial charge in [-0.3, -0.25) is 4.57 Å². The Morgan fingerprint density at radius 1 is 0.391 bits per heavy atom. The van der Waals surface area contributed by atoms with E-state index in [1.165, 1.54) is 60.4 Å². The molecule has 0 saturated carbocycles. The Morgan fingerprint density at radius 2 is 1.03 bits per heavy atom. The van der Waals surface area contributed by atoms with Crippen LogP contribution in [0.1, 0.15) is 25.0 Å². The van der Waals surface area contributed by atoms with Crippen molar-refractivity contribution in [3.63, 3.8) is 0 Å². The minimum atomic E-state index is -0.232. The molecule has 5 heteroatoms. The molecule has 0 amide bonds. The first kappa shape index (κ1) is 35.3. The lowest BCUT2D eigenvalue weighted by Crippen LogP contribution is -2.15. The smallest absolute Gasteiger partial charge is 0.235 e. The second kappa shape index (κ2) is 12.9. The monoisotopic (exact) mass is 818 g/mol. The number of rotatable bonds is 4. The number of furan rings is 1. The standard InChI is InChI=1S/C59H38N4O/c1-59(2)48-27-25-36(37-26-28-52-44(30-37)46-32-47-40-20-11-14-24-55(40)64-56(47)34-54(46)62(52)38-17-7-4-8-18-38)29-42(48)43-31-45-39-19-10-13-23-51(39)63(53(45)33-49(43)59)58-60-50-22-12-9-21-41(50)57(61-58)35-15-5-3-6-16-35/h3-34H,1-2H3. The van der Waals surface area contributed by atoms with Crippen LogP contribution in [0.4, 0.5) is 0 Å². The molecule has 0 bridgehead atoms. The largest absolute Gasteiger partial charge is 0.456 e. The quantitative estimate of drug-likeness (QED) is 0.178. The summed E-state index contributed by atoms with van der Waals surface area (Å²) in [6.07, 6.45) is 0. The predicted octanol–water partition coefficient (Wildman–Crippen LogP) is 15.4. The van der Waals surface area contributed by atoms with Crippen LogP contribution in [0, 0.1) is 0 Å². The highest BCUT2D eigenvalue weighted by molar-refractivity contribution is 6.18. The fourth-order valence-electron chi connectivity index (χ4n) is 10.9. The Hall–Kier alpha value is -8.28. The van der Waals surface area contributed by atoms with Crippen LogP contribution in [-0.4, -0.2) is 19.1 Å². The molecular weight excluding hydrogens is 781 g/mol. The van der Waals surface area contributed by atoms with Gasteiger partial charge in [-0.15, -0.1) is 0 Å². The van der Waals surface area contributed by atoms with Crippen molar-refractivity contribution in [1.29, 1.82) is 0 Å². The highest BCUT2D eigenvalue weighted by Crippen LogP contribution is 2.52.